The highest BCUT2D eigenvalue weighted by atomic mass is 14.4. The molecule has 0 fully saturated rings. The second-order valence-corrected chi connectivity index (χ2v) is 15.8. The average molecular weight is 507 g/mol. The Labute approximate surface area is 233 Å². The van der Waals surface area contributed by atoms with E-state index in [0.29, 0.717) is 0 Å². The molecule has 0 saturated heterocycles. The Morgan fingerprint density at radius 2 is 0.789 bits per heavy atom. The third-order valence-corrected chi connectivity index (χ3v) is 8.57. The van der Waals surface area contributed by atoms with Crippen LogP contribution >= 0.6 is 0 Å². The highest BCUT2D eigenvalue weighted by molar-refractivity contribution is 5.76. The topological polar surface area (TPSA) is 0 Å². The molecule has 0 spiro atoms. The van der Waals surface area contributed by atoms with E-state index < -0.39 is 0 Å². The number of hydrogen-bond acceptors (Lipinski definition) is 0. The number of hydrogen-bond donors (Lipinski definition) is 0. The molecule has 2 aliphatic rings. The molecule has 202 valence electrons. The summed E-state index contributed by atoms with van der Waals surface area (Å²) in [6, 6.07) is 14.3. The molecule has 0 aromatic heterocycles. The average Bonchev–Trinajstić information content (AvgIpc) is 2.75. The smallest absolute Gasteiger partial charge is 0.0202 e. The molecule has 0 heteroatoms. The van der Waals surface area contributed by atoms with Crippen molar-refractivity contribution >= 4 is 12.2 Å². The molecule has 0 aliphatic heterocycles. The minimum atomic E-state index is 0.00236. The van der Waals surface area contributed by atoms with Crippen LogP contribution in [-0.2, 0) is 10.8 Å². The van der Waals surface area contributed by atoms with Crippen LogP contribution in [0.4, 0.5) is 0 Å². The van der Waals surface area contributed by atoms with Gasteiger partial charge in [-0.15, -0.1) is 0 Å². The molecule has 0 radical (unpaired) electrons. The molecule has 0 amide bonds. The van der Waals surface area contributed by atoms with Crippen LogP contribution in [0.25, 0.3) is 12.2 Å². The first-order chi connectivity index (χ1) is 17.2. The van der Waals surface area contributed by atoms with Gasteiger partial charge in [0.2, 0.25) is 0 Å². The summed E-state index contributed by atoms with van der Waals surface area (Å²) in [5.74, 6) is 0.298. The van der Waals surface area contributed by atoms with Gasteiger partial charge in [0, 0.05) is 11.8 Å². The van der Waals surface area contributed by atoms with Crippen LogP contribution < -0.4 is 0 Å². The Kier molecular flexibility index (Phi) is 6.71. The number of rotatable bonds is 1. The third-order valence-electron chi connectivity index (χ3n) is 8.57. The van der Waals surface area contributed by atoms with Gasteiger partial charge in [0.25, 0.3) is 0 Å². The van der Waals surface area contributed by atoms with E-state index in [0.717, 1.165) is 0 Å². The van der Waals surface area contributed by atoms with Crippen molar-refractivity contribution in [1.29, 1.82) is 0 Å². The van der Waals surface area contributed by atoms with Crippen LogP contribution in [0.3, 0.4) is 0 Å². The van der Waals surface area contributed by atoms with E-state index in [1.54, 1.807) is 0 Å². The first kappa shape index (κ1) is 28.4. The fourth-order valence-electron chi connectivity index (χ4n) is 6.26. The van der Waals surface area contributed by atoms with Crippen molar-refractivity contribution in [1.82, 2.24) is 0 Å². The molecular formula is C38H50. The normalized spacial score (nSPS) is 20.5. The largest absolute Gasteiger partial charge is 0.0949 e. The molecule has 0 heterocycles. The summed E-state index contributed by atoms with van der Waals surface area (Å²) in [7, 11) is 0. The van der Waals surface area contributed by atoms with Gasteiger partial charge in [0.15, 0.2) is 0 Å². The quantitative estimate of drug-likeness (QED) is 0.361. The summed E-state index contributed by atoms with van der Waals surface area (Å²) in [6.07, 6.45) is 4.83. The molecular weight excluding hydrogens is 456 g/mol. The molecule has 38 heavy (non-hydrogen) atoms. The molecule has 0 N–H and O–H groups in total. The van der Waals surface area contributed by atoms with E-state index in [-0.39, 0.29) is 33.5 Å². The van der Waals surface area contributed by atoms with Crippen LogP contribution in [0, 0.1) is 10.8 Å². The molecule has 2 aromatic rings. The Morgan fingerprint density at radius 1 is 0.474 bits per heavy atom. The maximum Gasteiger partial charge on any atom is 0.0202 e. The van der Waals surface area contributed by atoms with Gasteiger partial charge in [0.05, 0.1) is 0 Å². The van der Waals surface area contributed by atoms with E-state index in [4.69, 9.17) is 13.2 Å². The zero-order valence-electron chi connectivity index (χ0n) is 26.2. The first-order valence-electron chi connectivity index (χ1n) is 14.3. The molecule has 2 atom stereocenters. The zero-order valence-corrected chi connectivity index (χ0v) is 26.2. The van der Waals surface area contributed by atoms with Gasteiger partial charge in [-0.25, -0.2) is 0 Å². The molecule has 2 aliphatic carbocycles. The van der Waals surface area contributed by atoms with Crippen molar-refractivity contribution in [2.45, 2.75) is 106 Å². The highest BCUT2D eigenvalue weighted by Gasteiger charge is 2.41. The Morgan fingerprint density at radius 3 is 1.05 bits per heavy atom. The van der Waals surface area contributed by atoms with E-state index in [1.165, 1.54) is 55.7 Å². The fourth-order valence-corrected chi connectivity index (χ4v) is 6.26. The minimum absolute atomic E-state index is 0.00236. The van der Waals surface area contributed by atoms with Gasteiger partial charge in [-0.05, 0) is 77.3 Å². The van der Waals surface area contributed by atoms with Gasteiger partial charge in [-0.1, -0.05) is 145 Å². The highest BCUT2D eigenvalue weighted by Crippen LogP contribution is 2.57. The lowest BCUT2D eigenvalue weighted by Crippen LogP contribution is -2.28. The molecule has 0 nitrogen and oxygen atoms in total. The lowest BCUT2D eigenvalue weighted by Gasteiger charge is -2.43. The van der Waals surface area contributed by atoms with Crippen LogP contribution in [0.2, 0.25) is 0 Å². The van der Waals surface area contributed by atoms with E-state index in [9.17, 15) is 0 Å². The summed E-state index contributed by atoms with van der Waals surface area (Å²) in [5, 5.41) is 0. The van der Waals surface area contributed by atoms with E-state index in [2.05, 4.69) is 132 Å². The molecule has 4 rings (SSSR count). The summed E-state index contributed by atoms with van der Waals surface area (Å²) in [4.78, 5) is 0. The van der Waals surface area contributed by atoms with E-state index >= 15 is 0 Å². The third kappa shape index (κ3) is 5.04. The fraction of sp³-hybridized carbons (Fsp3) is 0.474. The summed E-state index contributed by atoms with van der Waals surface area (Å²) in [5.41, 5.74) is 13.6. The van der Waals surface area contributed by atoms with Crippen molar-refractivity contribution < 1.29 is 0 Å². The van der Waals surface area contributed by atoms with Crippen molar-refractivity contribution in [3.05, 3.63) is 105 Å². The van der Waals surface area contributed by atoms with Gasteiger partial charge >= 0.3 is 0 Å². The maximum absolute atomic E-state index is 4.81. The van der Waals surface area contributed by atoms with Crippen LogP contribution in [0.1, 0.15) is 128 Å². The monoisotopic (exact) mass is 506 g/mol. The van der Waals surface area contributed by atoms with Gasteiger partial charge < -0.3 is 0 Å². The van der Waals surface area contributed by atoms with Crippen LogP contribution in [0.15, 0.2) is 71.8 Å². The van der Waals surface area contributed by atoms with E-state index in [1.807, 2.05) is 0 Å². The Bertz CT molecular complexity index is 1250. The standard InChI is InChI=1S/C38H50/c1-23-31(37(9,10)11)21-25-19-27(35(3,4)5)15-17-29(25)33(23)34-24(2)32(38(12,13)14)22-26-20-28(36(6,7)8)16-18-30(26)34/h15-22,33-34H,1-2H2,3-14H3. The van der Waals surface area contributed by atoms with Crippen molar-refractivity contribution in [3.63, 3.8) is 0 Å². The second kappa shape index (κ2) is 8.97. The molecule has 2 unspecified atom stereocenters. The Hall–Kier alpha value is -2.60. The van der Waals surface area contributed by atoms with Crippen molar-refractivity contribution in [2.75, 3.05) is 0 Å². The lowest BCUT2D eigenvalue weighted by molar-refractivity contribution is 0.482. The van der Waals surface area contributed by atoms with Crippen LogP contribution in [-0.4, -0.2) is 0 Å². The van der Waals surface area contributed by atoms with Gasteiger partial charge in [0.1, 0.15) is 0 Å². The maximum atomic E-state index is 4.81. The summed E-state index contributed by atoms with van der Waals surface area (Å²) in [6.45, 7) is 37.3. The summed E-state index contributed by atoms with van der Waals surface area (Å²) >= 11 is 0. The van der Waals surface area contributed by atoms with Gasteiger partial charge in [-0.2, -0.15) is 0 Å². The minimum Gasteiger partial charge on any atom is -0.0949 e. The molecule has 0 saturated carbocycles. The van der Waals surface area contributed by atoms with Crippen LogP contribution in [0.5, 0.6) is 0 Å². The first-order valence-corrected chi connectivity index (χ1v) is 14.3. The van der Waals surface area contributed by atoms with Crippen molar-refractivity contribution in [2.24, 2.45) is 10.8 Å². The van der Waals surface area contributed by atoms with Gasteiger partial charge in [-0.3, -0.25) is 0 Å². The SMILES string of the molecule is C=C1C(C(C)(C)C)=Cc2cc(C(C)(C)C)ccc2C1C1C(=C)C(C(C)(C)C)=Cc2cc(C(C)(C)C)ccc21. The lowest BCUT2D eigenvalue weighted by atomic mass is 9.60. The predicted molar refractivity (Wildman–Crippen MR) is 169 cm³/mol. The zero-order chi connectivity index (χ0) is 28.6. The molecule has 2 aromatic carbocycles. The second-order valence-electron chi connectivity index (χ2n) is 15.8. The predicted octanol–water partition coefficient (Wildman–Crippen LogP) is 11.1. The van der Waals surface area contributed by atoms with Crippen molar-refractivity contribution in [3.8, 4) is 0 Å². The number of allylic oxidation sites excluding steroid dienone is 4. The number of benzene rings is 2. The Balaban J connectivity index is 2.01. The molecule has 0 bridgehead atoms. The number of fused-ring (bicyclic) bond motifs is 2. The summed E-state index contributed by atoms with van der Waals surface area (Å²) < 4.78 is 0.